The van der Waals surface area contributed by atoms with Gasteiger partial charge in [-0.1, -0.05) is 44.2 Å². The molecular weight excluding hydrogens is 413 g/mol. The van der Waals surface area contributed by atoms with Crippen LogP contribution in [-0.2, 0) is 11.3 Å². The third kappa shape index (κ3) is 4.56. The number of hydrogen-bond donors (Lipinski definition) is 1. The molecule has 1 atom stereocenters. The van der Waals surface area contributed by atoms with Crippen molar-refractivity contribution in [2.45, 2.75) is 32.4 Å². The summed E-state index contributed by atoms with van der Waals surface area (Å²) in [6.45, 7) is 4.06. The minimum atomic E-state index is -0.517. The molecule has 0 fully saturated rings. The maximum absolute atomic E-state index is 13.6. The van der Waals surface area contributed by atoms with E-state index in [2.05, 4.69) is 36.3 Å². The zero-order valence-corrected chi connectivity index (χ0v) is 18.0. The van der Waals surface area contributed by atoms with E-state index in [0.717, 1.165) is 16.5 Å². The fraction of sp³-hybridized carbons (Fsp3) is 0.208. The molecule has 158 valence electrons. The standard InChI is InChI=1S/C24H22FN3O2S/c1-15(2)16-5-7-17(8-6-16)23(21-4-3-11-31-21)27-22(29)13-28-14-26-20-10-9-18(25)12-19(20)24(28)30/h3-12,14-15,23H,13H2,1-2H3,(H,27,29). The topological polar surface area (TPSA) is 64.0 Å². The smallest absolute Gasteiger partial charge is 0.261 e. The summed E-state index contributed by atoms with van der Waals surface area (Å²) in [4.78, 5) is 30.7. The van der Waals surface area contributed by atoms with E-state index in [1.807, 2.05) is 29.6 Å². The maximum atomic E-state index is 13.6. The molecule has 4 aromatic rings. The van der Waals surface area contributed by atoms with E-state index in [9.17, 15) is 14.0 Å². The van der Waals surface area contributed by atoms with E-state index in [4.69, 9.17) is 0 Å². The molecule has 0 bridgehead atoms. The summed E-state index contributed by atoms with van der Waals surface area (Å²) in [5, 5.41) is 5.14. The Morgan fingerprint density at radius 1 is 1.13 bits per heavy atom. The van der Waals surface area contributed by atoms with Gasteiger partial charge in [0, 0.05) is 4.88 Å². The van der Waals surface area contributed by atoms with Crippen molar-refractivity contribution in [2.24, 2.45) is 0 Å². The van der Waals surface area contributed by atoms with E-state index in [-0.39, 0.29) is 23.9 Å². The third-order valence-corrected chi connectivity index (χ3v) is 6.11. The molecular formula is C24H22FN3O2S. The number of thiophene rings is 1. The third-order valence-electron chi connectivity index (χ3n) is 5.17. The van der Waals surface area contributed by atoms with E-state index in [0.29, 0.717) is 11.4 Å². The number of rotatable bonds is 6. The van der Waals surface area contributed by atoms with Gasteiger partial charge in [-0.2, -0.15) is 0 Å². The molecule has 0 saturated heterocycles. The molecule has 1 unspecified atom stereocenters. The number of nitrogens with one attached hydrogen (secondary N) is 1. The highest BCUT2D eigenvalue weighted by molar-refractivity contribution is 7.10. The van der Waals surface area contributed by atoms with Crippen molar-refractivity contribution in [1.29, 1.82) is 0 Å². The highest BCUT2D eigenvalue weighted by Crippen LogP contribution is 2.27. The zero-order valence-electron chi connectivity index (χ0n) is 17.2. The summed E-state index contributed by atoms with van der Waals surface area (Å²) < 4.78 is 14.8. The predicted molar refractivity (Wildman–Crippen MR) is 121 cm³/mol. The van der Waals surface area contributed by atoms with Crippen molar-refractivity contribution >= 4 is 28.1 Å². The van der Waals surface area contributed by atoms with Gasteiger partial charge in [-0.15, -0.1) is 11.3 Å². The number of aromatic nitrogens is 2. The average Bonchev–Trinajstić information content (AvgIpc) is 3.29. The summed E-state index contributed by atoms with van der Waals surface area (Å²) in [6, 6.07) is 15.6. The van der Waals surface area contributed by atoms with E-state index >= 15 is 0 Å². The Hall–Kier alpha value is -3.32. The van der Waals surface area contributed by atoms with Crippen LogP contribution in [0.4, 0.5) is 4.39 Å². The van der Waals surface area contributed by atoms with Gasteiger partial charge in [0.2, 0.25) is 5.91 Å². The number of hydrogen-bond acceptors (Lipinski definition) is 4. The minimum absolute atomic E-state index is 0.148. The average molecular weight is 436 g/mol. The van der Waals surface area contributed by atoms with E-state index < -0.39 is 11.4 Å². The predicted octanol–water partition coefficient (Wildman–Crippen LogP) is 4.63. The second kappa shape index (κ2) is 8.81. The Kier molecular flexibility index (Phi) is 5.95. The first-order valence-corrected chi connectivity index (χ1v) is 10.9. The summed E-state index contributed by atoms with van der Waals surface area (Å²) in [5.41, 5.74) is 2.13. The van der Waals surface area contributed by atoms with Crippen molar-refractivity contribution in [1.82, 2.24) is 14.9 Å². The molecule has 0 spiro atoms. The van der Waals surface area contributed by atoms with Crippen molar-refractivity contribution < 1.29 is 9.18 Å². The minimum Gasteiger partial charge on any atom is -0.343 e. The fourth-order valence-electron chi connectivity index (χ4n) is 3.45. The molecule has 4 rings (SSSR count). The van der Waals surface area contributed by atoms with Crippen LogP contribution < -0.4 is 10.9 Å². The first-order valence-electron chi connectivity index (χ1n) is 9.99. The summed E-state index contributed by atoms with van der Waals surface area (Å²) in [5.74, 6) is -0.428. The second-order valence-electron chi connectivity index (χ2n) is 7.68. The molecule has 0 aliphatic carbocycles. The Bertz CT molecular complexity index is 1260. The lowest BCUT2D eigenvalue weighted by atomic mass is 9.98. The van der Waals surface area contributed by atoms with Crippen LogP contribution in [0.1, 0.15) is 41.8 Å². The normalized spacial score (nSPS) is 12.3. The van der Waals surface area contributed by atoms with Crippen molar-refractivity contribution in [3.8, 4) is 0 Å². The van der Waals surface area contributed by atoms with Gasteiger partial charge in [-0.3, -0.25) is 14.2 Å². The highest BCUT2D eigenvalue weighted by Gasteiger charge is 2.19. The second-order valence-corrected chi connectivity index (χ2v) is 8.66. The Balaban J connectivity index is 1.59. The summed E-state index contributed by atoms with van der Waals surface area (Å²) in [6.07, 6.45) is 1.32. The van der Waals surface area contributed by atoms with E-state index in [1.54, 1.807) is 11.3 Å². The Labute approximate surface area is 183 Å². The van der Waals surface area contributed by atoms with Gasteiger partial charge in [0.1, 0.15) is 12.4 Å². The Morgan fingerprint density at radius 2 is 1.87 bits per heavy atom. The highest BCUT2D eigenvalue weighted by atomic mass is 32.1. The van der Waals surface area contributed by atoms with E-state index in [1.165, 1.54) is 28.6 Å². The number of amides is 1. The quantitative estimate of drug-likeness (QED) is 0.480. The van der Waals surface area contributed by atoms with Crippen LogP contribution in [0, 0.1) is 5.82 Å². The van der Waals surface area contributed by atoms with Gasteiger partial charge in [0.05, 0.1) is 23.3 Å². The monoisotopic (exact) mass is 435 g/mol. The van der Waals surface area contributed by atoms with Crippen LogP contribution in [-0.4, -0.2) is 15.5 Å². The van der Waals surface area contributed by atoms with Gasteiger partial charge < -0.3 is 5.32 Å². The van der Waals surface area contributed by atoms with Crippen LogP contribution in [0.5, 0.6) is 0 Å². The molecule has 1 amide bonds. The first-order chi connectivity index (χ1) is 14.9. The molecule has 2 aromatic carbocycles. The Morgan fingerprint density at radius 3 is 2.55 bits per heavy atom. The van der Waals surface area contributed by atoms with Gasteiger partial charge in [0.25, 0.3) is 5.56 Å². The molecule has 0 saturated carbocycles. The molecule has 2 aromatic heterocycles. The summed E-state index contributed by atoms with van der Waals surface area (Å²) in [7, 11) is 0. The largest absolute Gasteiger partial charge is 0.343 e. The number of carbonyl (C=O) groups excluding carboxylic acids is 1. The van der Waals surface area contributed by atoms with Crippen molar-refractivity contribution in [3.63, 3.8) is 0 Å². The fourth-order valence-corrected chi connectivity index (χ4v) is 4.26. The molecule has 0 aliphatic rings. The number of nitrogens with zero attached hydrogens (tertiary/aromatic N) is 2. The molecule has 7 heteroatoms. The van der Waals surface area contributed by atoms with Crippen LogP contribution in [0.15, 0.2) is 71.1 Å². The van der Waals surface area contributed by atoms with Crippen LogP contribution >= 0.6 is 11.3 Å². The number of fused-ring (bicyclic) bond motifs is 1. The molecule has 2 heterocycles. The van der Waals surface area contributed by atoms with Gasteiger partial charge >= 0.3 is 0 Å². The number of carbonyl (C=O) groups is 1. The SMILES string of the molecule is CC(C)c1ccc(C(NC(=O)Cn2cnc3ccc(F)cc3c2=O)c2cccs2)cc1. The molecule has 0 radical (unpaired) electrons. The first kappa shape index (κ1) is 20.9. The zero-order chi connectivity index (χ0) is 22.0. The summed E-state index contributed by atoms with van der Waals surface area (Å²) >= 11 is 1.55. The van der Waals surface area contributed by atoms with Gasteiger partial charge in [0.15, 0.2) is 0 Å². The van der Waals surface area contributed by atoms with Crippen molar-refractivity contribution in [2.75, 3.05) is 0 Å². The van der Waals surface area contributed by atoms with Gasteiger partial charge in [-0.25, -0.2) is 9.37 Å². The van der Waals surface area contributed by atoms with Gasteiger partial charge in [-0.05, 0) is 46.7 Å². The number of benzene rings is 2. The molecule has 5 nitrogen and oxygen atoms in total. The van der Waals surface area contributed by atoms with Crippen LogP contribution in [0.2, 0.25) is 0 Å². The van der Waals surface area contributed by atoms with Crippen molar-refractivity contribution in [3.05, 3.63) is 98.5 Å². The molecule has 1 N–H and O–H groups in total. The molecule has 31 heavy (non-hydrogen) atoms. The lowest BCUT2D eigenvalue weighted by Crippen LogP contribution is -2.35. The number of halogens is 1. The lowest BCUT2D eigenvalue weighted by molar-refractivity contribution is -0.122. The van der Waals surface area contributed by atoms with Crippen LogP contribution in [0.3, 0.4) is 0 Å². The lowest BCUT2D eigenvalue weighted by Gasteiger charge is -2.19. The molecule has 0 aliphatic heterocycles. The maximum Gasteiger partial charge on any atom is 0.261 e. The van der Waals surface area contributed by atoms with Crippen LogP contribution in [0.25, 0.3) is 10.9 Å².